The highest BCUT2D eigenvalue weighted by Gasteiger charge is 2.27. The van der Waals surface area contributed by atoms with Crippen LogP contribution in [0.5, 0.6) is 0 Å². The molecule has 28 heavy (non-hydrogen) atoms. The molecule has 0 unspecified atom stereocenters. The van der Waals surface area contributed by atoms with Crippen molar-refractivity contribution in [1.29, 1.82) is 0 Å². The van der Waals surface area contributed by atoms with E-state index in [-0.39, 0.29) is 12.0 Å². The van der Waals surface area contributed by atoms with Gasteiger partial charge in [0.15, 0.2) is 0 Å². The molecular weight excluding hydrogens is 399 g/mol. The van der Waals surface area contributed by atoms with Crippen LogP contribution in [-0.4, -0.2) is 40.2 Å². The topological polar surface area (TPSA) is 60.2 Å². The van der Waals surface area contributed by atoms with Crippen molar-refractivity contribution in [2.24, 2.45) is 0 Å². The number of carbonyl (C=O) groups excluding carboxylic acids is 1. The number of benzene rings is 1. The van der Waals surface area contributed by atoms with Gasteiger partial charge in [0, 0.05) is 42.9 Å². The number of aromatic nitrogens is 3. The molecule has 8 heteroatoms. The first-order valence-corrected chi connectivity index (χ1v) is 9.94. The number of imidazole rings is 1. The van der Waals surface area contributed by atoms with Crippen molar-refractivity contribution in [3.63, 3.8) is 0 Å². The van der Waals surface area contributed by atoms with E-state index in [1.165, 1.54) is 7.11 Å². The van der Waals surface area contributed by atoms with Crippen molar-refractivity contribution in [3.8, 4) is 5.69 Å². The number of hydrogen-bond acceptors (Lipinski definition) is 5. The van der Waals surface area contributed by atoms with Crippen LogP contribution in [-0.2, 0) is 9.53 Å². The number of carbonyl (C=O) groups is 1. The number of ether oxygens (including phenoxy) is 1. The molecule has 1 aliphatic heterocycles. The average Bonchev–Trinajstić information content (AvgIpc) is 3.40. The predicted octanol–water partition coefficient (Wildman–Crippen LogP) is 4.65. The van der Waals surface area contributed by atoms with Gasteiger partial charge in [-0.25, -0.2) is 9.97 Å². The second-order valence-corrected chi connectivity index (χ2v) is 7.62. The summed E-state index contributed by atoms with van der Waals surface area (Å²) < 4.78 is 6.73. The summed E-state index contributed by atoms with van der Waals surface area (Å²) in [7, 11) is 1.42. The van der Waals surface area contributed by atoms with E-state index in [1.807, 2.05) is 22.9 Å². The van der Waals surface area contributed by atoms with Gasteiger partial charge in [0.05, 0.1) is 34.7 Å². The molecule has 1 atom stereocenters. The van der Waals surface area contributed by atoms with Gasteiger partial charge in [0.1, 0.15) is 5.82 Å². The number of halogens is 2. The van der Waals surface area contributed by atoms with Crippen LogP contribution >= 0.6 is 23.2 Å². The fourth-order valence-corrected chi connectivity index (χ4v) is 4.15. The average molecular weight is 419 g/mol. The smallest absolute Gasteiger partial charge is 0.305 e. The Hall–Kier alpha value is -2.31. The second kappa shape index (κ2) is 7.97. The third-order valence-electron chi connectivity index (χ3n) is 5.20. The lowest BCUT2D eigenvalue weighted by molar-refractivity contribution is -0.140. The van der Waals surface area contributed by atoms with Gasteiger partial charge in [-0.3, -0.25) is 4.79 Å². The molecule has 0 aliphatic carbocycles. The van der Waals surface area contributed by atoms with Crippen molar-refractivity contribution in [2.75, 3.05) is 18.6 Å². The normalized spacial score (nSPS) is 16.7. The van der Waals surface area contributed by atoms with Gasteiger partial charge in [-0.05, 0) is 31.4 Å². The molecule has 6 nitrogen and oxygen atoms in total. The summed E-state index contributed by atoms with van der Waals surface area (Å²) in [5.74, 6) is 0.639. The van der Waals surface area contributed by atoms with E-state index in [4.69, 9.17) is 32.9 Å². The highest BCUT2D eigenvalue weighted by molar-refractivity contribution is 6.45. The first-order valence-electron chi connectivity index (χ1n) is 9.19. The Labute approximate surface area is 173 Å². The Morgan fingerprint density at radius 3 is 2.96 bits per heavy atom. The Kier molecular flexibility index (Phi) is 5.42. The molecule has 1 aliphatic rings. The Morgan fingerprint density at radius 2 is 2.21 bits per heavy atom. The maximum atomic E-state index is 11.6. The second-order valence-electron chi connectivity index (χ2n) is 6.83. The van der Waals surface area contributed by atoms with E-state index < -0.39 is 0 Å². The third kappa shape index (κ3) is 3.54. The van der Waals surface area contributed by atoms with Gasteiger partial charge < -0.3 is 14.2 Å². The summed E-state index contributed by atoms with van der Waals surface area (Å²) in [5.41, 5.74) is 1.60. The molecule has 0 spiro atoms. The van der Waals surface area contributed by atoms with Gasteiger partial charge in [-0.1, -0.05) is 23.2 Å². The van der Waals surface area contributed by atoms with E-state index >= 15 is 0 Å². The molecule has 1 saturated heterocycles. The first kappa shape index (κ1) is 19.0. The van der Waals surface area contributed by atoms with Crippen molar-refractivity contribution in [3.05, 3.63) is 47.0 Å². The summed E-state index contributed by atoms with van der Waals surface area (Å²) in [4.78, 5) is 22.8. The zero-order valence-corrected chi connectivity index (χ0v) is 17.0. The fourth-order valence-electron chi connectivity index (χ4n) is 3.79. The summed E-state index contributed by atoms with van der Waals surface area (Å²) in [6.45, 7) is 0.881. The molecular formula is C20H20Cl2N4O2. The van der Waals surface area contributed by atoms with E-state index in [9.17, 15) is 4.79 Å². The van der Waals surface area contributed by atoms with Gasteiger partial charge in [0.2, 0.25) is 0 Å². The molecule has 0 saturated carbocycles. The van der Waals surface area contributed by atoms with E-state index in [0.717, 1.165) is 42.7 Å². The molecule has 3 heterocycles. The highest BCUT2D eigenvalue weighted by Crippen LogP contribution is 2.36. The van der Waals surface area contributed by atoms with Crippen molar-refractivity contribution in [1.82, 2.24) is 14.5 Å². The maximum Gasteiger partial charge on any atom is 0.305 e. The lowest BCUT2D eigenvalue weighted by atomic mass is 10.1. The molecule has 0 amide bonds. The van der Waals surface area contributed by atoms with Crippen LogP contribution in [0.3, 0.4) is 0 Å². The minimum Gasteiger partial charge on any atom is -0.469 e. The van der Waals surface area contributed by atoms with Crippen molar-refractivity contribution in [2.45, 2.75) is 31.7 Å². The predicted molar refractivity (Wildman–Crippen MR) is 111 cm³/mol. The van der Waals surface area contributed by atoms with Gasteiger partial charge in [-0.15, -0.1) is 0 Å². The van der Waals surface area contributed by atoms with Gasteiger partial charge in [-0.2, -0.15) is 0 Å². The van der Waals surface area contributed by atoms with Crippen LogP contribution in [0, 0.1) is 0 Å². The molecule has 0 bridgehead atoms. The first-order chi connectivity index (χ1) is 13.6. The number of methoxy groups -OCH3 is 1. The summed E-state index contributed by atoms with van der Waals surface area (Å²) >= 11 is 12.7. The minimum absolute atomic E-state index is 0.188. The van der Waals surface area contributed by atoms with E-state index in [2.05, 4.69) is 9.88 Å². The van der Waals surface area contributed by atoms with Crippen molar-refractivity contribution >= 4 is 45.9 Å². The SMILES string of the molecule is COC(=O)CC[C@@H]1CCCN1c1cc(-n2ccnc2)c2ccc(Cl)c(Cl)c2n1. The Morgan fingerprint density at radius 1 is 1.36 bits per heavy atom. The monoisotopic (exact) mass is 418 g/mol. The van der Waals surface area contributed by atoms with Crippen LogP contribution < -0.4 is 4.90 Å². The summed E-state index contributed by atoms with van der Waals surface area (Å²) in [6, 6.07) is 5.99. The Bertz CT molecular complexity index is 1010. The van der Waals surface area contributed by atoms with Gasteiger partial charge >= 0.3 is 5.97 Å². The number of rotatable bonds is 5. The largest absolute Gasteiger partial charge is 0.469 e. The quantitative estimate of drug-likeness (QED) is 0.564. The minimum atomic E-state index is -0.188. The van der Waals surface area contributed by atoms with Crippen molar-refractivity contribution < 1.29 is 9.53 Å². The Balaban J connectivity index is 1.78. The summed E-state index contributed by atoms with van der Waals surface area (Å²) in [6.07, 6.45) is 8.57. The zero-order chi connectivity index (χ0) is 19.7. The molecule has 4 rings (SSSR count). The van der Waals surface area contributed by atoms with E-state index in [0.29, 0.717) is 22.0 Å². The van der Waals surface area contributed by atoms with Crippen LogP contribution in [0.15, 0.2) is 36.9 Å². The van der Waals surface area contributed by atoms with Gasteiger partial charge in [0.25, 0.3) is 0 Å². The number of fused-ring (bicyclic) bond motifs is 1. The fraction of sp³-hybridized carbons (Fsp3) is 0.350. The molecule has 3 aromatic rings. The van der Waals surface area contributed by atoms with E-state index in [1.54, 1.807) is 18.6 Å². The lowest BCUT2D eigenvalue weighted by Crippen LogP contribution is -2.30. The van der Waals surface area contributed by atoms with Crippen LogP contribution in [0.25, 0.3) is 16.6 Å². The number of hydrogen-bond donors (Lipinski definition) is 0. The zero-order valence-electron chi connectivity index (χ0n) is 15.4. The number of pyridine rings is 1. The summed E-state index contributed by atoms with van der Waals surface area (Å²) in [5, 5.41) is 1.81. The van der Waals surface area contributed by atoms with Crippen LogP contribution in [0.1, 0.15) is 25.7 Å². The van der Waals surface area contributed by atoms with Crippen LogP contribution in [0.4, 0.5) is 5.82 Å². The molecule has 1 fully saturated rings. The third-order valence-corrected chi connectivity index (χ3v) is 5.99. The number of esters is 1. The lowest BCUT2D eigenvalue weighted by Gasteiger charge is -2.26. The maximum absolute atomic E-state index is 11.6. The molecule has 146 valence electrons. The molecule has 0 radical (unpaired) electrons. The number of nitrogens with zero attached hydrogens (tertiary/aromatic N) is 4. The molecule has 2 aromatic heterocycles. The highest BCUT2D eigenvalue weighted by atomic mass is 35.5. The van der Waals surface area contributed by atoms with Crippen LogP contribution in [0.2, 0.25) is 10.0 Å². The molecule has 0 N–H and O–H groups in total. The number of anilines is 1. The standard InChI is InChI=1S/C20H20Cl2N4O2/c1-28-18(27)7-4-13-3-2-9-26(13)17-11-16(25-10-8-23-12-25)14-5-6-15(21)19(22)20(14)24-17/h5-6,8,10-13H,2-4,7,9H2,1H3/t13-/m0/s1. The molecule has 1 aromatic carbocycles.